The molecule has 25 heavy (non-hydrogen) atoms. The van der Waals surface area contributed by atoms with E-state index in [2.05, 4.69) is 42.6 Å². The van der Waals surface area contributed by atoms with Crippen molar-refractivity contribution in [1.82, 2.24) is 10.2 Å². The molecular weight excluding hydrogens is 359 g/mol. The monoisotopic (exact) mass is 386 g/mol. The van der Waals surface area contributed by atoms with Crippen molar-refractivity contribution >= 4 is 36.9 Å². The number of piperidine rings is 1. The first-order valence-corrected chi connectivity index (χ1v) is 8.55. The Hall–Kier alpha value is -1.07. The fourth-order valence-corrected chi connectivity index (χ4v) is 3.55. The lowest BCUT2D eigenvalue weighted by atomic mass is 10.0. The summed E-state index contributed by atoms with van der Waals surface area (Å²) in [5.41, 5.74) is 2.73. The van der Waals surface area contributed by atoms with Crippen molar-refractivity contribution in [2.45, 2.75) is 38.3 Å². The number of likely N-dealkylation sites (tertiary alicyclic amines) is 1. The van der Waals surface area contributed by atoms with Crippen LogP contribution in [-0.2, 0) is 4.79 Å². The molecule has 0 amide bonds. The maximum atomic E-state index is 10.7. The number of carboxylic acid groups (broad SMARTS) is 1. The summed E-state index contributed by atoms with van der Waals surface area (Å²) in [6, 6.07) is 11.6. The molecule has 3 rings (SSSR count). The molecule has 1 heterocycles. The third-order valence-corrected chi connectivity index (χ3v) is 4.97. The highest BCUT2D eigenvalue weighted by atomic mass is 35.5. The van der Waals surface area contributed by atoms with Gasteiger partial charge in [-0.3, -0.25) is 9.69 Å². The van der Waals surface area contributed by atoms with E-state index in [1.165, 1.54) is 17.6 Å². The largest absolute Gasteiger partial charge is 0.480 e. The van der Waals surface area contributed by atoms with Gasteiger partial charge in [0, 0.05) is 25.2 Å². The van der Waals surface area contributed by atoms with Gasteiger partial charge < -0.3 is 10.4 Å². The highest BCUT2D eigenvalue weighted by Gasteiger charge is 2.39. The molecular formula is C19H28Cl2N2O2. The van der Waals surface area contributed by atoms with E-state index in [1.807, 2.05) is 11.0 Å². The molecule has 2 atom stereocenters. The number of halogens is 2. The van der Waals surface area contributed by atoms with Crippen molar-refractivity contribution in [2.75, 3.05) is 19.6 Å². The summed E-state index contributed by atoms with van der Waals surface area (Å²) in [5.74, 6) is -0.0624. The zero-order chi connectivity index (χ0) is 16.2. The van der Waals surface area contributed by atoms with E-state index in [4.69, 9.17) is 5.11 Å². The number of hydrogen-bond donors (Lipinski definition) is 2. The summed E-state index contributed by atoms with van der Waals surface area (Å²) >= 11 is 0. The van der Waals surface area contributed by atoms with E-state index in [0.717, 1.165) is 25.9 Å². The summed E-state index contributed by atoms with van der Waals surface area (Å²) in [7, 11) is 0. The van der Waals surface area contributed by atoms with Crippen LogP contribution in [0.15, 0.2) is 35.9 Å². The lowest BCUT2D eigenvalue weighted by Crippen LogP contribution is -2.45. The summed E-state index contributed by atoms with van der Waals surface area (Å²) in [4.78, 5) is 12.8. The molecule has 1 aliphatic carbocycles. The highest BCUT2D eigenvalue weighted by Crippen LogP contribution is 2.38. The lowest BCUT2D eigenvalue weighted by molar-refractivity contribution is -0.138. The number of nitrogens with zero attached hydrogens (tertiary/aromatic N) is 1. The first-order chi connectivity index (χ1) is 11.1. The molecule has 1 unspecified atom stereocenters. The number of rotatable bonds is 6. The molecule has 1 saturated heterocycles. The number of nitrogens with one attached hydrogen (secondary N) is 1. The van der Waals surface area contributed by atoms with Crippen LogP contribution >= 0.6 is 24.8 Å². The molecule has 2 N–H and O–H groups in total. The topological polar surface area (TPSA) is 52.6 Å². The van der Waals surface area contributed by atoms with Gasteiger partial charge in [-0.25, -0.2) is 0 Å². The average Bonchev–Trinajstić information content (AvgIpc) is 3.29. The van der Waals surface area contributed by atoms with Gasteiger partial charge in [0.25, 0.3) is 0 Å². The molecule has 140 valence electrons. The number of hydrogen-bond acceptors (Lipinski definition) is 3. The second-order valence-electron chi connectivity index (χ2n) is 6.86. The van der Waals surface area contributed by atoms with Crippen molar-refractivity contribution in [3.8, 4) is 0 Å². The Kier molecular flexibility index (Phi) is 8.94. The van der Waals surface area contributed by atoms with Gasteiger partial charge >= 0.3 is 5.97 Å². The van der Waals surface area contributed by atoms with Gasteiger partial charge in [-0.05, 0) is 37.7 Å². The van der Waals surface area contributed by atoms with Crippen molar-refractivity contribution < 1.29 is 9.90 Å². The lowest BCUT2D eigenvalue weighted by Gasteiger charge is -2.31. The summed E-state index contributed by atoms with van der Waals surface area (Å²) in [6.45, 7) is 4.19. The van der Waals surface area contributed by atoms with Crippen molar-refractivity contribution in [1.29, 1.82) is 0 Å². The molecule has 1 aromatic rings. The molecule has 0 aromatic heterocycles. The molecule has 1 aromatic carbocycles. The molecule has 2 aliphatic rings. The molecule has 1 aliphatic heterocycles. The quantitative estimate of drug-likeness (QED) is 0.785. The number of benzene rings is 1. The Morgan fingerprint density at radius 2 is 1.88 bits per heavy atom. The zero-order valence-electron chi connectivity index (χ0n) is 14.6. The van der Waals surface area contributed by atoms with Gasteiger partial charge in [0.1, 0.15) is 0 Å². The molecule has 6 heteroatoms. The van der Waals surface area contributed by atoms with Crippen LogP contribution in [0.3, 0.4) is 0 Å². The van der Waals surface area contributed by atoms with Crippen LogP contribution in [0.4, 0.5) is 0 Å². The molecule has 0 spiro atoms. The van der Waals surface area contributed by atoms with Crippen LogP contribution in [0.1, 0.15) is 31.7 Å². The van der Waals surface area contributed by atoms with Gasteiger partial charge in [-0.2, -0.15) is 0 Å². The Morgan fingerprint density at radius 1 is 1.24 bits per heavy atom. The Balaban J connectivity index is 0.00000156. The van der Waals surface area contributed by atoms with E-state index in [9.17, 15) is 4.79 Å². The van der Waals surface area contributed by atoms with Gasteiger partial charge in [0.15, 0.2) is 0 Å². The molecule has 1 saturated carbocycles. The predicted molar refractivity (Wildman–Crippen MR) is 107 cm³/mol. The predicted octanol–water partition coefficient (Wildman–Crippen LogP) is 3.46. The fourth-order valence-electron chi connectivity index (χ4n) is 3.55. The maximum Gasteiger partial charge on any atom is 0.317 e. The van der Waals surface area contributed by atoms with E-state index in [-0.39, 0.29) is 31.4 Å². The number of carboxylic acids is 1. The molecule has 4 nitrogen and oxygen atoms in total. The number of carbonyl (C=O) groups is 1. The maximum absolute atomic E-state index is 10.7. The van der Waals surface area contributed by atoms with Crippen molar-refractivity contribution in [3.63, 3.8) is 0 Å². The molecule has 2 fully saturated rings. The third kappa shape index (κ3) is 6.63. The van der Waals surface area contributed by atoms with Gasteiger partial charge in [-0.15, -0.1) is 24.8 Å². The van der Waals surface area contributed by atoms with Crippen LogP contribution in [-0.4, -0.2) is 47.7 Å². The zero-order valence-corrected chi connectivity index (χ0v) is 16.2. The SMILES string of the molecule is CC(=Cc1ccccc1)C1C[C@@H]1NC1CCN(CC(=O)O)CC1.Cl.Cl. The van der Waals surface area contributed by atoms with Gasteiger partial charge in [0.2, 0.25) is 0 Å². The first-order valence-electron chi connectivity index (χ1n) is 8.55. The van der Waals surface area contributed by atoms with E-state index < -0.39 is 5.97 Å². The molecule has 0 radical (unpaired) electrons. The minimum atomic E-state index is -0.722. The van der Waals surface area contributed by atoms with Crippen LogP contribution in [0.2, 0.25) is 0 Å². The van der Waals surface area contributed by atoms with Crippen molar-refractivity contribution in [3.05, 3.63) is 41.5 Å². The normalized spacial score (nSPS) is 24.1. The average molecular weight is 387 g/mol. The summed E-state index contributed by atoms with van der Waals surface area (Å²) in [5, 5.41) is 12.6. The Morgan fingerprint density at radius 3 is 2.48 bits per heavy atom. The van der Waals surface area contributed by atoms with E-state index in [0.29, 0.717) is 18.0 Å². The van der Waals surface area contributed by atoms with Crippen LogP contribution in [0, 0.1) is 5.92 Å². The summed E-state index contributed by atoms with van der Waals surface area (Å²) in [6.07, 6.45) is 5.63. The Labute approximate surface area is 162 Å². The van der Waals surface area contributed by atoms with Crippen molar-refractivity contribution in [2.24, 2.45) is 5.92 Å². The van der Waals surface area contributed by atoms with Gasteiger partial charge in [0.05, 0.1) is 6.54 Å². The van der Waals surface area contributed by atoms with Crippen LogP contribution in [0.25, 0.3) is 6.08 Å². The van der Waals surface area contributed by atoms with E-state index in [1.54, 1.807) is 0 Å². The Bertz CT molecular complexity index is 572. The fraction of sp³-hybridized carbons (Fsp3) is 0.526. The number of aliphatic carboxylic acids is 1. The minimum Gasteiger partial charge on any atom is -0.480 e. The standard InChI is InChI=1S/C19H26N2O2.2ClH/c1-14(11-15-5-3-2-4-6-15)17-12-18(17)20-16-7-9-21(10-8-16)13-19(22)23;;/h2-6,11,16-18,20H,7-10,12-13H2,1H3,(H,22,23);2*1H/t17?,18-;;/m0../s1. The van der Waals surface area contributed by atoms with Gasteiger partial charge in [-0.1, -0.05) is 42.0 Å². The second kappa shape index (κ2) is 10.2. The minimum absolute atomic E-state index is 0. The highest BCUT2D eigenvalue weighted by molar-refractivity contribution is 5.85. The third-order valence-electron chi connectivity index (χ3n) is 4.97. The summed E-state index contributed by atoms with van der Waals surface area (Å²) < 4.78 is 0. The first kappa shape index (κ1) is 22.0. The molecule has 0 bridgehead atoms. The second-order valence-corrected chi connectivity index (χ2v) is 6.86. The van der Waals surface area contributed by atoms with E-state index >= 15 is 0 Å². The smallest absolute Gasteiger partial charge is 0.317 e. The van der Waals surface area contributed by atoms with Crippen LogP contribution < -0.4 is 5.32 Å². The van der Waals surface area contributed by atoms with Crippen LogP contribution in [0.5, 0.6) is 0 Å².